The molecule has 0 heterocycles. The average molecular weight is 151 g/mol. The Labute approximate surface area is 70.7 Å². The highest BCUT2D eigenvalue weighted by atomic mass is 14.1. The van der Waals surface area contributed by atoms with Gasteiger partial charge in [0.25, 0.3) is 0 Å². The smallest absolute Gasteiger partial charge is 0.0348 e. The molecular formula is C11H19. The molecule has 0 fully saturated rings. The minimum absolute atomic E-state index is 0.992. The second-order valence-corrected chi connectivity index (χ2v) is 3.49. The third-order valence-electron chi connectivity index (χ3n) is 2.51. The summed E-state index contributed by atoms with van der Waals surface area (Å²) in [5.74, 6) is 0.992. The van der Waals surface area contributed by atoms with Gasteiger partial charge in [-0.3, -0.25) is 0 Å². The lowest BCUT2D eigenvalue weighted by Gasteiger charge is -2.12. The van der Waals surface area contributed by atoms with Crippen LogP contribution in [-0.4, -0.2) is 0 Å². The molecule has 1 radical (unpaired) electrons. The Morgan fingerprint density at radius 3 is 2.36 bits per heavy atom. The summed E-state index contributed by atoms with van der Waals surface area (Å²) in [6.45, 7) is 3.88. The van der Waals surface area contributed by atoms with Gasteiger partial charge in [0.05, 0.1) is 0 Å². The van der Waals surface area contributed by atoms with Gasteiger partial charge in [-0.1, -0.05) is 38.3 Å². The van der Waals surface area contributed by atoms with Gasteiger partial charge in [-0.25, -0.2) is 0 Å². The van der Waals surface area contributed by atoms with Crippen molar-refractivity contribution in [2.24, 2.45) is 5.92 Å². The van der Waals surface area contributed by atoms with E-state index >= 15 is 0 Å². The molecule has 0 heteroatoms. The second kappa shape index (κ2) is 5.40. The maximum atomic E-state index is 3.88. The monoisotopic (exact) mass is 151 g/mol. The lowest BCUT2D eigenvalue weighted by Crippen LogP contribution is -1.97. The number of hydrogen-bond acceptors (Lipinski definition) is 0. The van der Waals surface area contributed by atoms with E-state index in [4.69, 9.17) is 0 Å². The van der Waals surface area contributed by atoms with Gasteiger partial charge in [-0.2, -0.15) is 0 Å². The molecule has 0 saturated heterocycles. The standard InChI is InChI=1S/C11H19/c1-2-3-8-11-9-6-4-5-7-10-11/h4-5,11H,1-3,6-10H2. The van der Waals surface area contributed by atoms with E-state index in [0.717, 1.165) is 12.3 Å². The predicted molar refractivity (Wildman–Crippen MR) is 50.3 cm³/mol. The topological polar surface area (TPSA) is 0 Å². The van der Waals surface area contributed by atoms with Gasteiger partial charge in [0.2, 0.25) is 0 Å². The molecule has 0 aliphatic heterocycles. The molecule has 0 N–H and O–H groups in total. The third-order valence-corrected chi connectivity index (χ3v) is 2.51. The molecule has 1 aliphatic rings. The van der Waals surface area contributed by atoms with E-state index in [2.05, 4.69) is 19.1 Å². The number of allylic oxidation sites excluding steroid dienone is 2. The molecule has 1 aliphatic carbocycles. The van der Waals surface area contributed by atoms with E-state index in [1.807, 2.05) is 0 Å². The van der Waals surface area contributed by atoms with Crippen LogP contribution in [0.3, 0.4) is 0 Å². The highest BCUT2D eigenvalue weighted by Gasteiger charge is 2.07. The van der Waals surface area contributed by atoms with Crippen molar-refractivity contribution in [3.05, 3.63) is 19.1 Å². The number of rotatable bonds is 3. The zero-order chi connectivity index (χ0) is 7.94. The molecule has 11 heavy (non-hydrogen) atoms. The summed E-state index contributed by atoms with van der Waals surface area (Å²) in [6, 6.07) is 0. The van der Waals surface area contributed by atoms with E-state index in [0.29, 0.717) is 0 Å². The fourth-order valence-electron chi connectivity index (χ4n) is 1.77. The SMILES string of the molecule is [CH2]CCCC1CCC=CCC1. The van der Waals surface area contributed by atoms with Gasteiger partial charge in [0, 0.05) is 0 Å². The molecule has 0 aromatic heterocycles. The summed E-state index contributed by atoms with van der Waals surface area (Å²) in [4.78, 5) is 0. The molecular weight excluding hydrogens is 132 g/mol. The summed E-state index contributed by atoms with van der Waals surface area (Å²) in [6.07, 6.45) is 14.0. The molecule has 0 aromatic rings. The first kappa shape index (κ1) is 8.83. The van der Waals surface area contributed by atoms with Crippen LogP contribution in [-0.2, 0) is 0 Å². The molecule has 0 saturated carbocycles. The third kappa shape index (κ3) is 3.60. The van der Waals surface area contributed by atoms with Crippen LogP contribution < -0.4 is 0 Å². The Bertz CT molecular complexity index is 103. The van der Waals surface area contributed by atoms with Crippen molar-refractivity contribution in [3.63, 3.8) is 0 Å². The van der Waals surface area contributed by atoms with Crippen molar-refractivity contribution < 1.29 is 0 Å². The summed E-state index contributed by atoms with van der Waals surface area (Å²) < 4.78 is 0. The van der Waals surface area contributed by atoms with Crippen LogP contribution in [0.4, 0.5) is 0 Å². The van der Waals surface area contributed by atoms with E-state index < -0.39 is 0 Å². The van der Waals surface area contributed by atoms with Crippen molar-refractivity contribution in [2.75, 3.05) is 0 Å². The summed E-state index contributed by atoms with van der Waals surface area (Å²) >= 11 is 0. The van der Waals surface area contributed by atoms with E-state index in [-0.39, 0.29) is 0 Å². The highest BCUT2D eigenvalue weighted by molar-refractivity contribution is 4.86. The van der Waals surface area contributed by atoms with Crippen LogP contribution in [0.1, 0.15) is 44.9 Å². The van der Waals surface area contributed by atoms with Gasteiger partial charge < -0.3 is 0 Å². The van der Waals surface area contributed by atoms with Crippen LogP contribution in [0.5, 0.6) is 0 Å². The zero-order valence-electron chi connectivity index (χ0n) is 7.39. The number of hydrogen-bond donors (Lipinski definition) is 0. The molecule has 1 rings (SSSR count). The minimum atomic E-state index is 0.992. The lowest BCUT2D eigenvalue weighted by atomic mass is 9.94. The Morgan fingerprint density at radius 1 is 1.18 bits per heavy atom. The minimum Gasteiger partial charge on any atom is -0.0885 e. The van der Waals surface area contributed by atoms with E-state index in [9.17, 15) is 0 Å². The number of unbranched alkanes of at least 4 members (excludes halogenated alkanes) is 1. The fraction of sp³-hybridized carbons (Fsp3) is 0.727. The van der Waals surface area contributed by atoms with E-state index in [1.165, 1.54) is 38.5 Å². The molecule has 0 spiro atoms. The van der Waals surface area contributed by atoms with Gasteiger partial charge in [-0.15, -0.1) is 0 Å². The first-order chi connectivity index (χ1) is 5.43. The molecule has 0 nitrogen and oxygen atoms in total. The Kier molecular flexibility index (Phi) is 4.33. The normalized spacial score (nSPS) is 20.1. The van der Waals surface area contributed by atoms with Crippen LogP contribution in [0.2, 0.25) is 0 Å². The Hall–Kier alpha value is -0.260. The largest absolute Gasteiger partial charge is 0.0885 e. The summed E-state index contributed by atoms with van der Waals surface area (Å²) in [5, 5.41) is 0. The summed E-state index contributed by atoms with van der Waals surface area (Å²) in [7, 11) is 0. The van der Waals surface area contributed by atoms with Gasteiger partial charge in [0.1, 0.15) is 0 Å². The van der Waals surface area contributed by atoms with Gasteiger partial charge >= 0.3 is 0 Å². The van der Waals surface area contributed by atoms with E-state index in [1.54, 1.807) is 0 Å². The Morgan fingerprint density at radius 2 is 1.82 bits per heavy atom. The highest BCUT2D eigenvalue weighted by Crippen LogP contribution is 2.23. The second-order valence-electron chi connectivity index (χ2n) is 3.49. The lowest BCUT2D eigenvalue weighted by molar-refractivity contribution is 0.422. The van der Waals surface area contributed by atoms with Crippen molar-refractivity contribution >= 4 is 0 Å². The van der Waals surface area contributed by atoms with Crippen molar-refractivity contribution in [1.82, 2.24) is 0 Å². The molecule has 0 bridgehead atoms. The van der Waals surface area contributed by atoms with Crippen LogP contribution in [0, 0.1) is 12.8 Å². The fourth-order valence-corrected chi connectivity index (χ4v) is 1.77. The predicted octanol–water partition coefficient (Wildman–Crippen LogP) is 3.74. The van der Waals surface area contributed by atoms with Crippen LogP contribution in [0.25, 0.3) is 0 Å². The summed E-state index contributed by atoms with van der Waals surface area (Å²) in [5.41, 5.74) is 0. The first-order valence-electron chi connectivity index (χ1n) is 4.87. The van der Waals surface area contributed by atoms with Crippen molar-refractivity contribution in [1.29, 1.82) is 0 Å². The molecule has 0 aromatic carbocycles. The van der Waals surface area contributed by atoms with Crippen molar-refractivity contribution in [2.45, 2.75) is 44.9 Å². The Balaban J connectivity index is 2.13. The van der Waals surface area contributed by atoms with Crippen molar-refractivity contribution in [3.8, 4) is 0 Å². The first-order valence-corrected chi connectivity index (χ1v) is 4.87. The molecule has 63 valence electrons. The maximum absolute atomic E-state index is 3.88. The molecule has 0 amide bonds. The maximum Gasteiger partial charge on any atom is -0.0348 e. The average Bonchev–Trinajstić information content (AvgIpc) is 2.28. The molecule has 0 atom stereocenters. The van der Waals surface area contributed by atoms with Crippen LogP contribution >= 0.6 is 0 Å². The quantitative estimate of drug-likeness (QED) is 0.539. The van der Waals surface area contributed by atoms with Gasteiger partial charge in [-0.05, 0) is 31.6 Å². The molecule has 0 unspecified atom stereocenters. The zero-order valence-corrected chi connectivity index (χ0v) is 7.39. The van der Waals surface area contributed by atoms with Crippen LogP contribution in [0.15, 0.2) is 12.2 Å². The van der Waals surface area contributed by atoms with Gasteiger partial charge in [0.15, 0.2) is 0 Å².